The molecular weight excluding hydrogens is 164 g/mol. The molecule has 0 bridgehead atoms. The third kappa shape index (κ3) is 1.40. The Morgan fingerprint density at radius 1 is 1.08 bits per heavy atom. The van der Waals surface area contributed by atoms with E-state index >= 15 is 0 Å². The monoisotopic (exact) mass is 170 g/mol. The van der Waals surface area contributed by atoms with Gasteiger partial charge in [-0.3, -0.25) is 0 Å². The molecule has 0 aliphatic heterocycles. The molecule has 4 nitrogen and oxygen atoms in total. The Bertz CT molecular complexity index is 422. The van der Waals surface area contributed by atoms with Crippen molar-refractivity contribution in [1.29, 1.82) is 5.26 Å². The second-order valence-corrected chi connectivity index (χ2v) is 2.48. The van der Waals surface area contributed by atoms with Crippen LogP contribution in [-0.4, -0.2) is 15.0 Å². The highest BCUT2D eigenvalue weighted by atomic mass is 15.5. The SMILES string of the molecule is N#Cc1ccc(-n2nccn2)cc1. The second-order valence-electron chi connectivity index (χ2n) is 2.48. The lowest BCUT2D eigenvalue weighted by molar-refractivity contribution is 0.752. The number of nitrogens with zero attached hydrogens (tertiary/aromatic N) is 4. The van der Waals surface area contributed by atoms with Crippen LogP contribution in [0.3, 0.4) is 0 Å². The zero-order chi connectivity index (χ0) is 9.10. The number of benzene rings is 1. The van der Waals surface area contributed by atoms with Gasteiger partial charge in [-0.15, -0.1) is 0 Å². The molecule has 0 unspecified atom stereocenters. The summed E-state index contributed by atoms with van der Waals surface area (Å²) >= 11 is 0. The number of hydrogen-bond donors (Lipinski definition) is 0. The van der Waals surface area contributed by atoms with E-state index in [0.29, 0.717) is 5.56 Å². The summed E-state index contributed by atoms with van der Waals surface area (Å²) in [6.45, 7) is 0. The molecule has 1 heterocycles. The van der Waals surface area contributed by atoms with Crippen LogP contribution in [0.1, 0.15) is 5.56 Å². The molecule has 0 saturated carbocycles. The lowest BCUT2D eigenvalue weighted by Crippen LogP contribution is -1.97. The van der Waals surface area contributed by atoms with Crippen LogP contribution in [0.4, 0.5) is 0 Å². The van der Waals surface area contributed by atoms with Gasteiger partial charge in [0.05, 0.1) is 29.7 Å². The van der Waals surface area contributed by atoms with Crippen LogP contribution in [-0.2, 0) is 0 Å². The summed E-state index contributed by atoms with van der Waals surface area (Å²) in [6, 6.07) is 9.13. The van der Waals surface area contributed by atoms with Crippen LogP contribution in [0, 0.1) is 11.3 Å². The van der Waals surface area contributed by atoms with Gasteiger partial charge in [-0.2, -0.15) is 20.3 Å². The van der Waals surface area contributed by atoms with Crippen LogP contribution in [0.5, 0.6) is 0 Å². The molecule has 1 aromatic carbocycles. The summed E-state index contributed by atoms with van der Waals surface area (Å²) in [5, 5.41) is 16.5. The molecule has 2 rings (SSSR count). The van der Waals surface area contributed by atoms with Crippen molar-refractivity contribution in [3.8, 4) is 11.8 Å². The molecule has 0 aliphatic carbocycles. The van der Waals surface area contributed by atoms with E-state index in [9.17, 15) is 0 Å². The Morgan fingerprint density at radius 2 is 1.69 bits per heavy atom. The Hall–Kier alpha value is -2.15. The predicted molar refractivity (Wildman–Crippen MR) is 46.1 cm³/mol. The highest BCUT2D eigenvalue weighted by Gasteiger charge is 1.96. The number of aromatic nitrogens is 3. The fraction of sp³-hybridized carbons (Fsp3) is 0. The van der Waals surface area contributed by atoms with Crippen molar-refractivity contribution in [3.63, 3.8) is 0 Å². The fourth-order valence-corrected chi connectivity index (χ4v) is 1.02. The summed E-state index contributed by atoms with van der Waals surface area (Å²) in [5.74, 6) is 0. The van der Waals surface area contributed by atoms with Crippen molar-refractivity contribution in [2.75, 3.05) is 0 Å². The first-order valence-electron chi connectivity index (χ1n) is 3.77. The van der Waals surface area contributed by atoms with Gasteiger partial charge in [0.25, 0.3) is 0 Å². The summed E-state index contributed by atoms with van der Waals surface area (Å²) in [7, 11) is 0. The molecule has 0 aliphatic rings. The maximum absolute atomic E-state index is 8.57. The van der Waals surface area contributed by atoms with Crippen LogP contribution in [0.25, 0.3) is 5.69 Å². The standard InChI is InChI=1S/C9H6N4/c10-7-8-1-3-9(4-2-8)13-11-5-6-12-13/h1-6H. The molecular formula is C9H6N4. The molecule has 0 atom stereocenters. The van der Waals surface area contributed by atoms with Crippen LogP contribution < -0.4 is 0 Å². The third-order valence-corrected chi connectivity index (χ3v) is 1.65. The number of nitriles is 1. The van der Waals surface area contributed by atoms with Gasteiger partial charge in [-0.25, -0.2) is 0 Å². The third-order valence-electron chi connectivity index (χ3n) is 1.65. The predicted octanol–water partition coefficient (Wildman–Crippen LogP) is 1.14. The van der Waals surface area contributed by atoms with Gasteiger partial charge >= 0.3 is 0 Å². The Morgan fingerprint density at radius 3 is 2.23 bits per heavy atom. The molecule has 0 amide bonds. The highest BCUT2D eigenvalue weighted by molar-refractivity contribution is 5.37. The van der Waals surface area contributed by atoms with Crippen molar-refractivity contribution in [2.24, 2.45) is 0 Å². The van der Waals surface area contributed by atoms with E-state index in [2.05, 4.69) is 10.2 Å². The molecule has 0 N–H and O–H groups in total. The highest BCUT2D eigenvalue weighted by Crippen LogP contribution is 2.05. The zero-order valence-corrected chi connectivity index (χ0v) is 6.75. The molecule has 0 saturated heterocycles. The summed E-state index contributed by atoms with van der Waals surface area (Å²) < 4.78 is 0. The molecule has 0 radical (unpaired) electrons. The van der Waals surface area contributed by atoms with Gasteiger partial charge in [0.1, 0.15) is 0 Å². The largest absolute Gasteiger partial charge is 0.192 e. The molecule has 0 spiro atoms. The number of hydrogen-bond acceptors (Lipinski definition) is 3. The van der Waals surface area contributed by atoms with Gasteiger partial charge < -0.3 is 0 Å². The van der Waals surface area contributed by atoms with Crippen molar-refractivity contribution in [2.45, 2.75) is 0 Å². The van der Waals surface area contributed by atoms with Gasteiger partial charge in [0.15, 0.2) is 0 Å². The van der Waals surface area contributed by atoms with E-state index in [1.165, 1.54) is 4.80 Å². The minimum absolute atomic E-state index is 0.635. The average Bonchev–Trinajstić information content (AvgIpc) is 2.71. The second kappa shape index (κ2) is 3.07. The van der Waals surface area contributed by atoms with Gasteiger partial charge in [0, 0.05) is 0 Å². The minimum Gasteiger partial charge on any atom is -0.192 e. The van der Waals surface area contributed by atoms with E-state index < -0.39 is 0 Å². The molecule has 4 heteroatoms. The Kier molecular flexibility index (Phi) is 1.77. The minimum atomic E-state index is 0.635. The first-order valence-corrected chi connectivity index (χ1v) is 3.77. The molecule has 0 fully saturated rings. The van der Waals surface area contributed by atoms with E-state index in [-0.39, 0.29) is 0 Å². The topological polar surface area (TPSA) is 54.5 Å². The van der Waals surface area contributed by atoms with Crippen molar-refractivity contribution < 1.29 is 0 Å². The molecule has 13 heavy (non-hydrogen) atoms. The Labute approximate surface area is 75.0 Å². The summed E-state index contributed by atoms with van der Waals surface area (Å²) in [5.41, 5.74) is 1.49. The van der Waals surface area contributed by atoms with Gasteiger partial charge in [-0.1, -0.05) is 0 Å². The average molecular weight is 170 g/mol. The maximum atomic E-state index is 8.57. The van der Waals surface area contributed by atoms with Crippen molar-refractivity contribution >= 4 is 0 Å². The number of rotatable bonds is 1. The zero-order valence-electron chi connectivity index (χ0n) is 6.75. The fourth-order valence-electron chi connectivity index (χ4n) is 1.02. The van der Waals surface area contributed by atoms with E-state index in [1.54, 1.807) is 36.7 Å². The lowest BCUT2D eigenvalue weighted by atomic mass is 10.2. The van der Waals surface area contributed by atoms with E-state index in [1.807, 2.05) is 6.07 Å². The van der Waals surface area contributed by atoms with Gasteiger partial charge in [-0.05, 0) is 24.3 Å². The van der Waals surface area contributed by atoms with Gasteiger partial charge in [0.2, 0.25) is 0 Å². The summed E-state index contributed by atoms with van der Waals surface area (Å²) in [4.78, 5) is 1.50. The van der Waals surface area contributed by atoms with Crippen LogP contribution in [0.2, 0.25) is 0 Å². The van der Waals surface area contributed by atoms with E-state index in [0.717, 1.165) is 5.69 Å². The molecule has 62 valence electrons. The van der Waals surface area contributed by atoms with Crippen LogP contribution in [0.15, 0.2) is 36.7 Å². The molecule has 1 aromatic heterocycles. The normalized spacial score (nSPS) is 9.46. The van der Waals surface area contributed by atoms with Crippen molar-refractivity contribution in [1.82, 2.24) is 15.0 Å². The maximum Gasteiger partial charge on any atom is 0.0991 e. The van der Waals surface area contributed by atoms with Crippen LogP contribution >= 0.6 is 0 Å². The van der Waals surface area contributed by atoms with E-state index in [4.69, 9.17) is 5.26 Å². The first-order chi connectivity index (χ1) is 6.40. The van der Waals surface area contributed by atoms with Crippen molar-refractivity contribution in [3.05, 3.63) is 42.2 Å². The Balaban J connectivity index is 2.40. The summed E-state index contributed by atoms with van der Waals surface area (Å²) in [6.07, 6.45) is 3.22. The first kappa shape index (κ1) is 7.50. The molecule has 2 aromatic rings. The lowest BCUT2D eigenvalue weighted by Gasteiger charge is -1.97. The smallest absolute Gasteiger partial charge is 0.0991 e. The quantitative estimate of drug-likeness (QED) is 0.644.